The van der Waals surface area contributed by atoms with Crippen LogP contribution in [-0.2, 0) is 9.53 Å². The van der Waals surface area contributed by atoms with Crippen molar-refractivity contribution in [3.05, 3.63) is 0 Å². The third-order valence-electron chi connectivity index (χ3n) is 1.48. The van der Waals surface area contributed by atoms with Crippen molar-refractivity contribution in [2.24, 2.45) is 5.41 Å². The molecule has 0 bridgehead atoms. The molecule has 1 saturated heterocycles. The van der Waals surface area contributed by atoms with Gasteiger partial charge in [-0.15, -0.1) is 0 Å². The summed E-state index contributed by atoms with van der Waals surface area (Å²) in [6.07, 6.45) is 0. The molecule has 9 heavy (non-hydrogen) atoms. The van der Waals surface area contributed by atoms with Crippen molar-refractivity contribution in [1.82, 2.24) is 0 Å². The Morgan fingerprint density at radius 3 is 2.44 bits per heavy atom. The molecule has 1 atom stereocenters. The number of halogens is 1. The molecule has 1 aliphatic heterocycles. The van der Waals surface area contributed by atoms with Crippen LogP contribution in [0, 0.1) is 5.41 Å². The number of cyclic esters (lactones) is 1. The van der Waals surface area contributed by atoms with E-state index in [0.717, 1.165) is 0 Å². The van der Waals surface area contributed by atoms with Crippen LogP contribution in [0.5, 0.6) is 0 Å². The van der Waals surface area contributed by atoms with E-state index in [4.69, 9.17) is 4.74 Å². The van der Waals surface area contributed by atoms with Crippen LogP contribution < -0.4 is 0 Å². The van der Waals surface area contributed by atoms with E-state index in [-0.39, 0.29) is 16.2 Å². The van der Waals surface area contributed by atoms with Crippen LogP contribution in [0.1, 0.15) is 13.8 Å². The highest BCUT2D eigenvalue weighted by Crippen LogP contribution is 2.33. The van der Waals surface area contributed by atoms with Crippen molar-refractivity contribution in [3.8, 4) is 0 Å². The van der Waals surface area contributed by atoms with Gasteiger partial charge >= 0.3 is 5.97 Å². The molecule has 0 aromatic heterocycles. The zero-order chi connectivity index (χ0) is 7.07. The fourth-order valence-corrected chi connectivity index (χ4v) is 0.987. The van der Waals surface area contributed by atoms with Crippen LogP contribution >= 0.6 is 15.9 Å². The Balaban J connectivity index is 2.73. The molecule has 1 aliphatic rings. The Labute approximate surface area is 62.7 Å². The molecule has 1 fully saturated rings. The maximum absolute atomic E-state index is 10.7. The number of alkyl halides is 1. The first kappa shape index (κ1) is 7.06. The van der Waals surface area contributed by atoms with Gasteiger partial charge in [0.25, 0.3) is 0 Å². The first-order valence-electron chi connectivity index (χ1n) is 2.85. The van der Waals surface area contributed by atoms with Crippen molar-refractivity contribution in [2.45, 2.75) is 18.7 Å². The van der Waals surface area contributed by atoms with Crippen molar-refractivity contribution < 1.29 is 9.53 Å². The lowest BCUT2D eigenvalue weighted by Gasteiger charge is -2.15. The highest BCUT2D eigenvalue weighted by atomic mass is 79.9. The van der Waals surface area contributed by atoms with Gasteiger partial charge in [0, 0.05) is 5.41 Å². The average molecular weight is 193 g/mol. The normalized spacial score (nSPS) is 32.3. The number of hydrogen-bond acceptors (Lipinski definition) is 2. The molecule has 3 heteroatoms. The minimum atomic E-state index is -0.139. The van der Waals surface area contributed by atoms with Crippen molar-refractivity contribution in [2.75, 3.05) is 6.61 Å². The summed E-state index contributed by atoms with van der Waals surface area (Å²) in [6, 6.07) is 0. The minimum Gasteiger partial charge on any atom is -0.464 e. The molecule has 1 rings (SSSR count). The molecular formula is C6H9BrO2. The van der Waals surface area contributed by atoms with E-state index in [1.165, 1.54) is 0 Å². The molecule has 0 aromatic carbocycles. The van der Waals surface area contributed by atoms with Crippen LogP contribution in [0.25, 0.3) is 0 Å². The number of hydrogen-bond donors (Lipinski definition) is 0. The second kappa shape index (κ2) is 1.97. The van der Waals surface area contributed by atoms with Gasteiger partial charge in [-0.05, 0) is 0 Å². The lowest BCUT2D eigenvalue weighted by molar-refractivity contribution is -0.137. The zero-order valence-corrected chi connectivity index (χ0v) is 7.06. The largest absolute Gasteiger partial charge is 0.464 e. The molecule has 0 aliphatic carbocycles. The summed E-state index contributed by atoms with van der Waals surface area (Å²) in [5.74, 6) is -0.139. The van der Waals surface area contributed by atoms with E-state index in [2.05, 4.69) is 15.9 Å². The van der Waals surface area contributed by atoms with E-state index in [9.17, 15) is 4.79 Å². The van der Waals surface area contributed by atoms with Gasteiger partial charge in [-0.1, -0.05) is 29.8 Å². The molecule has 1 unspecified atom stereocenters. The topological polar surface area (TPSA) is 26.3 Å². The molecule has 0 N–H and O–H groups in total. The molecule has 52 valence electrons. The summed E-state index contributed by atoms with van der Waals surface area (Å²) in [4.78, 5) is 10.6. The quantitative estimate of drug-likeness (QED) is 0.428. The fraction of sp³-hybridized carbons (Fsp3) is 0.833. The molecule has 0 saturated carbocycles. The predicted octanol–water partition coefficient (Wildman–Crippen LogP) is 1.33. The molecule has 0 amide bonds. The maximum Gasteiger partial charge on any atom is 0.320 e. The number of carbonyl (C=O) groups is 1. The Morgan fingerprint density at radius 2 is 2.33 bits per heavy atom. The maximum atomic E-state index is 10.7. The highest BCUT2D eigenvalue weighted by molar-refractivity contribution is 9.10. The average Bonchev–Trinajstić information content (AvgIpc) is 1.97. The predicted molar refractivity (Wildman–Crippen MR) is 37.5 cm³/mol. The number of ether oxygens (including phenoxy) is 1. The summed E-state index contributed by atoms with van der Waals surface area (Å²) in [5.41, 5.74) is -0.0307. The fourth-order valence-electron chi connectivity index (χ4n) is 0.722. The van der Waals surface area contributed by atoms with Crippen molar-refractivity contribution in [1.29, 1.82) is 0 Å². The van der Waals surface area contributed by atoms with E-state index < -0.39 is 0 Å². The minimum absolute atomic E-state index is 0.0307. The Hall–Kier alpha value is -0.0500. The standard InChI is InChI=1S/C6H9BrO2/c1-6(2)3-9-5(8)4(6)7/h4H,3H2,1-2H3. The molecule has 1 heterocycles. The van der Waals surface area contributed by atoms with Crippen LogP contribution in [-0.4, -0.2) is 17.4 Å². The smallest absolute Gasteiger partial charge is 0.320 e. The number of carbonyl (C=O) groups excluding carboxylic acids is 1. The summed E-state index contributed by atoms with van der Waals surface area (Å²) in [7, 11) is 0. The van der Waals surface area contributed by atoms with Crippen LogP contribution in [0.15, 0.2) is 0 Å². The van der Waals surface area contributed by atoms with E-state index in [1.807, 2.05) is 13.8 Å². The van der Waals surface area contributed by atoms with Crippen LogP contribution in [0.2, 0.25) is 0 Å². The Bertz CT molecular complexity index is 142. The lowest BCUT2D eigenvalue weighted by Crippen LogP contribution is -2.23. The Morgan fingerprint density at radius 1 is 1.78 bits per heavy atom. The van der Waals surface area contributed by atoms with Gasteiger partial charge < -0.3 is 4.74 Å². The molecular weight excluding hydrogens is 184 g/mol. The molecule has 0 radical (unpaired) electrons. The van der Waals surface area contributed by atoms with E-state index in [0.29, 0.717) is 6.61 Å². The number of esters is 1. The summed E-state index contributed by atoms with van der Waals surface area (Å²) < 4.78 is 4.79. The van der Waals surface area contributed by atoms with Crippen molar-refractivity contribution >= 4 is 21.9 Å². The van der Waals surface area contributed by atoms with E-state index in [1.54, 1.807) is 0 Å². The summed E-state index contributed by atoms with van der Waals surface area (Å²) in [5, 5.41) is 0. The highest BCUT2D eigenvalue weighted by Gasteiger charge is 2.41. The number of rotatable bonds is 0. The van der Waals surface area contributed by atoms with Crippen LogP contribution in [0.4, 0.5) is 0 Å². The molecule has 0 aromatic rings. The summed E-state index contributed by atoms with van der Waals surface area (Å²) in [6.45, 7) is 4.52. The van der Waals surface area contributed by atoms with Gasteiger partial charge in [0.05, 0.1) is 6.61 Å². The molecule has 0 spiro atoms. The first-order valence-corrected chi connectivity index (χ1v) is 3.76. The van der Waals surface area contributed by atoms with Gasteiger partial charge in [0.1, 0.15) is 4.83 Å². The zero-order valence-electron chi connectivity index (χ0n) is 5.48. The van der Waals surface area contributed by atoms with Crippen LogP contribution in [0.3, 0.4) is 0 Å². The monoisotopic (exact) mass is 192 g/mol. The van der Waals surface area contributed by atoms with Gasteiger partial charge in [0.2, 0.25) is 0 Å². The van der Waals surface area contributed by atoms with E-state index >= 15 is 0 Å². The second-order valence-electron chi connectivity index (χ2n) is 2.96. The van der Waals surface area contributed by atoms with Gasteiger partial charge in [-0.3, -0.25) is 4.79 Å². The first-order chi connectivity index (χ1) is 4.04. The van der Waals surface area contributed by atoms with Crippen molar-refractivity contribution in [3.63, 3.8) is 0 Å². The summed E-state index contributed by atoms with van der Waals surface area (Å²) >= 11 is 3.25. The molecule has 2 nitrogen and oxygen atoms in total. The third kappa shape index (κ3) is 1.11. The Kier molecular flexibility index (Phi) is 1.55. The second-order valence-corrected chi connectivity index (χ2v) is 3.87. The third-order valence-corrected chi connectivity index (χ3v) is 3.09. The van der Waals surface area contributed by atoms with Gasteiger partial charge in [0.15, 0.2) is 0 Å². The SMILES string of the molecule is CC1(C)COC(=O)C1Br. The van der Waals surface area contributed by atoms with Gasteiger partial charge in [-0.25, -0.2) is 0 Å². The lowest BCUT2D eigenvalue weighted by atomic mass is 9.93. The van der Waals surface area contributed by atoms with Gasteiger partial charge in [-0.2, -0.15) is 0 Å².